The van der Waals surface area contributed by atoms with Crippen molar-refractivity contribution in [2.45, 2.75) is 76.9 Å². The summed E-state index contributed by atoms with van der Waals surface area (Å²) in [5.41, 5.74) is 5.26. The molecule has 0 aromatic carbocycles. The molecule has 0 aliphatic heterocycles. The fraction of sp³-hybridized carbons (Fsp3) is 0.824. The van der Waals surface area contributed by atoms with Crippen LogP contribution in [0, 0.1) is 5.92 Å². The maximum Gasteiger partial charge on any atom is 0.247 e. The lowest BCUT2D eigenvalue weighted by Gasteiger charge is -2.22. The van der Waals surface area contributed by atoms with Crippen molar-refractivity contribution in [1.82, 2.24) is 14.9 Å². The number of aromatic nitrogens is 2. The number of amides is 1. The van der Waals surface area contributed by atoms with Gasteiger partial charge in [0.25, 0.3) is 0 Å². The number of aliphatic hydroxyl groups excluding tert-OH is 1. The molecule has 2 rings (SSSR count). The number of carbonyl (C=O) groups is 1. The van der Waals surface area contributed by atoms with Gasteiger partial charge in [-0.05, 0) is 19.3 Å². The second-order valence-corrected chi connectivity index (χ2v) is 9.26. The molecule has 2 atom stereocenters. The molecule has 1 aliphatic rings. The van der Waals surface area contributed by atoms with Gasteiger partial charge in [-0.2, -0.15) is 4.98 Å². The van der Waals surface area contributed by atoms with Gasteiger partial charge in [0.2, 0.25) is 21.8 Å². The number of hydrogen-bond acceptors (Lipinski definition) is 7. The molecule has 1 fully saturated rings. The highest BCUT2D eigenvalue weighted by molar-refractivity contribution is 7.89. The fourth-order valence-electron chi connectivity index (χ4n) is 3.48. The van der Waals surface area contributed by atoms with Gasteiger partial charge in [0, 0.05) is 0 Å². The van der Waals surface area contributed by atoms with Gasteiger partial charge in [-0.3, -0.25) is 4.79 Å². The number of nitrogens with zero attached hydrogens (tertiary/aromatic N) is 2. The van der Waals surface area contributed by atoms with Crippen molar-refractivity contribution in [3.05, 3.63) is 11.7 Å². The van der Waals surface area contributed by atoms with Crippen molar-refractivity contribution < 1.29 is 22.8 Å². The number of rotatable bonds is 11. The zero-order chi connectivity index (χ0) is 19.9. The molecule has 10 heteroatoms. The van der Waals surface area contributed by atoms with Crippen molar-refractivity contribution >= 4 is 15.9 Å². The van der Waals surface area contributed by atoms with E-state index in [0.717, 1.165) is 12.8 Å². The van der Waals surface area contributed by atoms with Crippen LogP contribution in [0.3, 0.4) is 0 Å². The second kappa shape index (κ2) is 10.1. The van der Waals surface area contributed by atoms with E-state index in [2.05, 4.69) is 14.9 Å². The minimum atomic E-state index is -3.38. The van der Waals surface area contributed by atoms with E-state index in [4.69, 9.17) is 10.3 Å². The largest absolute Gasteiger partial charge is 0.382 e. The van der Waals surface area contributed by atoms with Gasteiger partial charge >= 0.3 is 0 Å². The summed E-state index contributed by atoms with van der Waals surface area (Å²) in [6.07, 6.45) is 7.21. The highest BCUT2D eigenvalue weighted by Crippen LogP contribution is 2.31. The predicted octanol–water partition coefficient (Wildman–Crippen LogP) is 1.19. The van der Waals surface area contributed by atoms with Crippen LogP contribution >= 0.6 is 0 Å². The Morgan fingerprint density at radius 2 is 2.07 bits per heavy atom. The molecule has 0 bridgehead atoms. The molecule has 1 amide bonds. The third kappa shape index (κ3) is 6.86. The number of hydrogen-bond donors (Lipinski definition) is 3. The molecule has 1 heterocycles. The number of primary amides is 1. The van der Waals surface area contributed by atoms with Crippen LogP contribution in [0.1, 0.15) is 75.9 Å². The predicted molar refractivity (Wildman–Crippen MR) is 99.0 cm³/mol. The van der Waals surface area contributed by atoms with Crippen LogP contribution in [0.15, 0.2) is 4.52 Å². The zero-order valence-electron chi connectivity index (χ0n) is 15.8. The Hall–Kier alpha value is -1.52. The highest BCUT2D eigenvalue weighted by atomic mass is 32.2. The molecule has 4 N–H and O–H groups in total. The molecule has 154 valence electrons. The topological polar surface area (TPSA) is 148 Å². The SMILES string of the molecule is CCS(=O)(=O)NCc1noc([C@H](CCCC2CCCCC2)C(O)C(N)=O)n1. The van der Waals surface area contributed by atoms with Crippen LogP contribution < -0.4 is 10.5 Å². The summed E-state index contributed by atoms with van der Waals surface area (Å²) in [7, 11) is -3.38. The molecule has 27 heavy (non-hydrogen) atoms. The Morgan fingerprint density at radius 1 is 1.37 bits per heavy atom. The third-order valence-electron chi connectivity index (χ3n) is 5.16. The molecule has 0 spiro atoms. The lowest BCUT2D eigenvalue weighted by Crippen LogP contribution is -2.34. The van der Waals surface area contributed by atoms with E-state index in [1.165, 1.54) is 39.0 Å². The summed E-state index contributed by atoms with van der Waals surface area (Å²) in [6, 6.07) is 0. The lowest BCUT2D eigenvalue weighted by molar-refractivity contribution is -0.127. The van der Waals surface area contributed by atoms with E-state index in [0.29, 0.717) is 12.3 Å². The maximum atomic E-state index is 11.5. The van der Waals surface area contributed by atoms with Gasteiger partial charge in [-0.15, -0.1) is 0 Å². The van der Waals surface area contributed by atoms with E-state index in [1.807, 2.05) is 0 Å². The molecule has 0 saturated heterocycles. The summed E-state index contributed by atoms with van der Waals surface area (Å²) in [5.74, 6) is -0.639. The second-order valence-electron chi connectivity index (χ2n) is 7.16. The van der Waals surface area contributed by atoms with Crippen LogP contribution in [0.4, 0.5) is 0 Å². The normalized spacial score (nSPS) is 18.3. The Morgan fingerprint density at radius 3 is 2.70 bits per heavy atom. The first-order chi connectivity index (χ1) is 12.8. The monoisotopic (exact) mass is 402 g/mol. The smallest absolute Gasteiger partial charge is 0.247 e. The fourth-order valence-corrected chi connectivity index (χ4v) is 4.04. The van der Waals surface area contributed by atoms with Crippen LogP contribution in [-0.4, -0.2) is 41.4 Å². The van der Waals surface area contributed by atoms with E-state index in [1.54, 1.807) is 0 Å². The first-order valence-corrected chi connectivity index (χ1v) is 11.2. The first-order valence-electron chi connectivity index (χ1n) is 9.59. The van der Waals surface area contributed by atoms with Gasteiger partial charge in [-0.1, -0.05) is 50.1 Å². The van der Waals surface area contributed by atoms with Crippen LogP contribution in [0.2, 0.25) is 0 Å². The number of nitrogens with one attached hydrogen (secondary N) is 1. The molecule has 1 aliphatic carbocycles. The Bertz CT molecular complexity index is 700. The molecule has 0 radical (unpaired) electrons. The highest BCUT2D eigenvalue weighted by Gasteiger charge is 2.31. The summed E-state index contributed by atoms with van der Waals surface area (Å²) < 4.78 is 30.5. The minimum Gasteiger partial charge on any atom is -0.382 e. The number of nitrogens with two attached hydrogens (primary N) is 1. The molecular formula is C17H30N4O5S. The number of aliphatic hydroxyl groups is 1. The molecule has 9 nitrogen and oxygen atoms in total. The van der Waals surface area contributed by atoms with E-state index < -0.39 is 28.0 Å². The lowest BCUT2D eigenvalue weighted by atomic mass is 9.84. The molecule has 1 unspecified atom stereocenters. The van der Waals surface area contributed by atoms with Gasteiger partial charge in [0.15, 0.2) is 5.82 Å². The summed E-state index contributed by atoms with van der Waals surface area (Å²) in [4.78, 5) is 15.6. The van der Waals surface area contributed by atoms with E-state index >= 15 is 0 Å². The average molecular weight is 403 g/mol. The standard InChI is InChI=1S/C17H30N4O5S/c1-2-27(24,25)19-11-14-20-17(26-21-14)13(15(22)16(18)23)10-6-9-12-7-4-3-5-8-12/h12-13,15,19,22H,2-11H2,1H3,(H2,18,23)/t13-,15?/m1/s1. The molecule has 1 aromatic rings. The Balaban J connectivity index is 1.97. The van der Waals surface area contributed by atoms with Gasteiger partial charge in [-0.25, -0.2) is 13.1 Å². The molecule has 1 aromatic heterocycles. The molecular weight excluding hydrogens is 372 g/mol. The van der Waals surface area contributed by atoms with E-state index in [9.17, 15) is 18.3 Å². The first kappa shape index (κ1) is 21.8. The summed E-state index contributed by atoms with van der Waals surface area (Å²) in [5, 5.41) is 13.9. The van der Waals surface area contributed by atoms with Crippen LogP contribution in [-0.2, 0) is 21.4 Å². The van der Waals surface area contributed by atoms with Crippen molar-refractivity contribution in [3.8, 4) is 0 Å². The summed E-state index contributed by atoms with van der Waals surface area (Å²) in [6.45, 7) is 1.41. The quantitative estimate of drug-likeness (QED) is 0.503. The number of sulfonamides is 1. The van der Waals surface area contributed by atoms with Crippen molar-refractivity contribution in [1.29, 1.82) is 0 Å². The average Bonchev–Trinajstić information content (AvgIpc) is 3.13. The number of carbonyl (C=O) groups excluding carboxylic acids is 1. The maximum absolute atomic E-state index is 11.5. The molecule has 1 saturated carbocycles. The van der Waals surface area contributed by atoms with E-state index in [-0.39, 0.29) is 24.0 Å². The van der Waals surface area contributed by atoms with Gasteiger partial charge in [0.05, 0.1) is 18.2 Å². The third-order valence-corrected chi connectivity index (χ3v) is 6.50. The van der Waals surface area contributed by atoms with Crippen molar-refractivity contribution in [3.63, 3.8) is 0 Å². The summed E-state index contributed by atoms with van der Waals surface area (Å²) >= 11 is 0. The van der Waals surface area contributed by atoms with Gasteiger partial charge < -0.3 is 15.4 Å². The van der Waals surface area contributed by atoms with Crippen LogP contribution in [0.5, 0.6) is 0 Å². The zero-order valence-corrected chi connectivity index (χ0v) is 16.6. The Labute approximate surface area is 160 Å². The van der Waals surface area contributed by atoms with Crippen molar-refractivity contribution in [2.24, 2.45) is 11.7 Å². The van der Waals surface area contributed by atoms with Crippen LogP contribution in [0.25, 0.3) is 0 Å². The van der Waals surface area contributed by atoms with Gasteiger partial charge in [0.1, 0.15) is 6.10 Å². The van der Waals surface area contributed by atoms with Crippen molar-refractivity contribution in [2.75, 3.05) is 5.75 Å². The Kier molecular flexibility index (Phi) is 8.18. The minimum absolute atomic E-state index is 0.0537.